The van der Waals surface area contributed by atoms with Gasteiger partial charge in [0.15, 0.2) is 0 Å². The molecule has 0 radical (unpaired) electrons. The molecule has 1 fully saturated rings. The predicted molar refractivity (Wildman–Crippen MR) is 77.2 cm³/mol. The molecule has 0 bridgehead atoms. The van der Waals surface area contributed by atoms with Crippen LogP contribution in [-0.2, 0) is 9.84 Å². The van der Waals surface area contributed by atoms with Gasteiger partial charge in [-0.05, 0) is 51.3 Å². The minimum Gasteiger partial charge on any atom is -0.317 e. The Morgan fingerprint density at radius 2 is 1.90 bits per heavy atom. The summed E-state index contributed by atoms with van der Waals surface area (Å²) in [4.78, 5) is -0.944. The molecule has 0 spiro atoms. The van der Waals surface area contributed by atoms with Crippen LogP contribution in [0, 0.1) is 5.92 Å². The maximum absolute atomic E-state index is 12.3. The molecule has 1 N–H and O–H groups in total. The number of halogens is 3. The van der Waals surface area contributed by atoms with E-state index in [0.717, 1.165) is 44.0 Å². The summed E-state index contributed by atoms with van der Waals surface area (Å²) in [7, 11) is -5.32. The predicted octanol–water partition coefficient (Wildman–Crippen LogP) is 3.33. The normalized spacial score (nSPS) is 19.1. The van der Waals surface area contributed by atoms with Gasteiger partial charge in [0, 0.05) is 0 Å². The van der Waals surface area contributed by atoms with Crippen molar-refractivity contribution in [1.82, 2.24) is 5.32 Å². The van der Waals surface area contributed by atoms with Gasteiger partial charge < -0.3 is 5.32 Å². The van der Waals surface area contributed by atoms with Crippen molar-refractivity contribution in [2.75, 3.05) is 13.1 Å². The molecule has 1 saturated heterocycles. The summed E-state index contributed by atoms with van der Waals surface area (Å²) >= 11 is 0. The molecular formula is C14H20F3NO2S. The molecule has 120 valence electrons. The zero-order valence-corrected chi connectivity index (χ0v) is 12.7. The molecule has 0 atom stereocenters. The van der Waals surface area contributed by atoms with Crippen LogP contribution in [0.25, 0.3) is 0 Å². The van der Waals surface area contributed by atoms with Gasteiger partial charge in [0.25, 0.3) is 9.84 Å². The highest BCUT2D eigenvalue weighted by Crippen LogP contribution is 2.29. The topological polar surface area (TPSA) is 46.2 Å². The molecule has 1 aliphatic rings. The molecule has 0 saturated carbocycles. The molecule has 0 amide bonds. The van der Waals surface area contributed by atoms with Crippen LogP contribution in [0.4, 0.5) is 13.2 Å². The van der Waals surface area contributed by atoms with Crippen molar-refractivity contribution in [3.8, 4) is 0 Å². The fourth-order valence-corrected chi connectivity index (χ4v) is 2.72. The Kier molecular flexibility index (Phi) is 6.22. The molecule has 1 aliphatic heterocycles. The SMILES string of the molecule is C=C(/C=C\C=C(/C)CC1CCNCC1)S(=O)(=O)C(F)(F)F. The molecule has 0 aromatic rings. The Morgan fingerprint density at radius 1 is 1.33 bits per heavy atom. The van der Waals surface area contributed by atoms with Crippen LogP contribution >= 0.6 is 0 Å². The second kappa shape index (κ2) is 7.26. The molecule has 0 aromatic heterocycles. The van der Waals surface area contributed by atoms with E-state index in [9.17, 15) is 21.6 Å². The second-order valence-electron chi connectivity index (χ2n) is 5.19. The molecule has 7 heteroatoms. The first kappa shape index (κ1) is 18.0. The molecule has 0 unspecified atom stereocenters. The lowest BCUT2D eigenvalue weighted by Gasteiger charge is -2.22. The third-order valence-corrected chi connectivity index (χ3v) is 4.82. The van der Waals surface area contributed by atoms with E-state index in [4.69, 9.17) is 0 Å². The Bertz CT molecular complexity index is 527. The summed E-state index contributed by atoms with van der Waals surface area (Å²) in [5, 5.41) is 3.26. The van der Waals surface area contributed by atoms with Gasteiger partial charge in [0.05, 0.1) is 4.91 Å². The van der Waals surface area contributed by atoms with E-state index < -0.39 is 20.3 Å². The summed E-state index contributed by atoms with van der Waals surface area (Å²) in [5.74, 6) is 0.568. The minimum absolute atomic E-state index is 0.568. The highest BCUT2D eigenvalue weighted by Gasteiger charge is 2.46. The number of alkyl halides is 3. The van der Waals surface area contributed by atoms with Crippen LogP contribution in [-0.4, -0.2) is 27.0 Å². The first-order valence-electron chi connectivity index (χ1n) is 6.69. The van der Waals surface area contributed by atoms with E-state index in [1.54, 1.807) is 6.08 Å². The summed E-state index contributed by atoms with van der Waals surface area (Å²) in [6.45, 7) is 6.82. The van der Waals surface area contributed by atoms with Crippen molar-refractivity contribution < 1.29 is 21.6 Å². The number of piperidine rings is 1. The van der Waals surface area contributed by atoms with E-state index in [-0.39, 0.29) is 0 Å². The zero-order chi connectivity index (χ0) is 16.1. The molecular weight excluding hydrogens is 303 g/mol. The van der Waals surface area contributed by atoms with E-state index >= 15 is 0 Å². The van der Waals surface area contributed by atoms with Crippen molar-refractivity contribution in [3.63, 3.8) is 0 Å². The van der Waals surface area contributed by atoms with Gasteiger partial charge in [-0.25, -0.2) is 8.42 Å². The van der Waals surface area contributed by atoms with Gasteiger partial charge in [-0.15, -0.1) is 0 Å². The van der Waals surface area contributed by atoms with Crippen LogP contribution in [0.5, 0.6) is 0 Å². The van der Waals surface area contributed by atoms with Crippen molar-refractivity contribution in [2.45, 2.75) is 31.7 Å². The number of allylic oxidation sites excluding steroid dienone is 4. The fraction of sp³-hybridized carbons (Fsp3) is 0.571. The number of hydrogen-bond donors (Lipinski definition) is 1. The second-order valence-corrected chi connectivity index (χ2v) is 7.18. The van der Waals surface area contributed by atoms with Gasteiger partial charge in [-0.1, -0.05) is 24.3 Å². The highest BCUT2D eigenvalue weighted by atomic mass is 32.2. The molecule has 21 heavy (non-hydrogen) atoms. The average Bonchev–Trinajstić information content (AvgIpc) is 2.38. The van der Waals surface area contributed by atoms with Gasteiger partial charge in [-0.2, -0.15) is 13.2 Å². The number of rotatable bonds is 5. The van der Waals surface area contributed by atoms with Crippen molar-refractivity contribution in [3.05, 3.63) is 35.3 Å². The first-order valence-corrected chi connectivity index (χ1v) is 8.17. The Labute approximate surface area is 123 Å². The van der Waals surface area contributed by atoms with Crippen molar-refractivity contribution in [1.29, 1.82) is 0 Å². The first-order chi connectivity index (χ1) is 9.64. The quantitative estimate of drug-likeness (QED) is 0.790. The monoisotopic (exact) mass is 323 g/mol. The average molecular weight is 323 g/mol. The van der Waals surface area contributed by atoms with Crippen LogP contribution < -0.4 is 5.32 Å². The van der Waals surface area contributed by atoms with Gasteiger partial charge in [0.1, 0.15) is 0 Å². The zero-order valence-electron chi connectivity index (χ0n) is 11.9. The lowest BCUT2D eigenvalue weighted by molar-refractivity contribution is -0.0425. The lowest BCUT2D eigenvalue weighted by Crippen LogP contribution is -2.27. The summed E-state index contributed by atoms with van der Waals surface area (Å²) < 4.78 is 58.9. The summed E-state index contributed by atoms with van der Waals surface area (Å²) in [6.07, 6.45) is 6.84. The van der Waals surface area contributed by atoms with Crippen LogP contribution in [0.1, 0.15) is 26.2 Å². The van der Waals surface area contributed by atoms with Crippen LogP contribution in [0.2, 0.25) is 0 Å². The third-order valence-electron chi connectivity index (χ3n) is 3.38. The molecule has 0 aliphatic carbocycles. The van der Waals surface area contributed by atoms with E-state index in [2.05, 4.69) is 11.9 Å². The highest BCUT2D eigenvalue weighted by molar-refractivity contribution is 7.96. The molecule has 1 heterocycles. The van der Waals surface area contributed by atoms with Gasteiger partial charge >= 0.3 is 5.51 Å². The fourth-order valence-electron chi connectivity index (χ4n) is 2.17. The summed E-state index contributed by atoms with van der Waals surface area (Å²) in [6, 6.07) is 0. The maximum atomic E-state index is 12.3. The number of nitrogens with one attached hydrogen (secondary N) is 1. The van der Waals surface area contributed by atoms with Crippen LogP contribution in [0.3, 0.4) is 0 Å². The largest absolute Gasteiger partial charge is 0.501 e. The Balaban J connectivity index is 2.60. The van der Waals surface area contributed by atoms with Crippen molar-refractivity contribution >= 4 is 9.84 Å². The van der Waals surface area contributed by atoms with Gasteiger partial charge in [-0.3, -0.25) is 0 Å². The Morgan fingerprint density at radius 3 is 2.43 bits per heavy atom. The third kappa shape index (κ3) is 5.32. The van der Waals surface area contributed by atoms with Crippen LogP contribution in [0.15, 0.2) is 35.3 Å². The standard InChI is InChI=1S/C14H20F3NO2S/c1-11(10-13-6-8-18-9-7-13)4-3-5-12(2)21(19,20)14(15,16)17/h3-5,13,18H,2,6-10H2,1H3/b5-3-,11-4+. The molecule has 0 aromatic carbocycles. The van der Waals surface area contributed by atoms with E-state index in [1.807, 2.05) is 6.92 Å². The Hall–Kier alpha value is -1.08. The summed E-state index contributed by atoms with van der Waals surface area (Å²) in [5.41, 5.74) is -4.29. The van der Waals surface area contributed by atoms with E-state index in [1.165, 1.54) is 6.08 Å². The molecule has 3 nitrogen and oxygen atoms in total. The smallest absolute Gasteiger partial charge is 0.317 e. The van der Waals surface area contributed by atoms with Gasteiger partial charge in [0.2, 0.25) is 0 Å². The lowest BCUT2D eigenvalue weighted by atomic mass is 9.91. The minimum atomic E-state index is -5.32. The number of sulfone groups is 1. The molecule has 1 rings (SSSR count). The van der Waals surface area contributed by atoms with Crippen molar-refractivity contribution in [2.24, 2.45) is 5.92 Å². The maximum Gasteiger partial charge on any atom is 0.501 e. The van der Waals surface area contributed by atoms with E-state index in [0.29, 0.717) is 5.92 Å². The number of hydrogen-bond acceptors (Lipinski definition) is 3.